The highest BCUT2D eigenvalue weighted by Crippen LogP contribution is 2.29. The molecular formula is C25H32N2O3. The predicted octanol–water partition coefficient (Wildman–Crippen LogP) is 4.00. The van der Waals surface area contributed by atoms with Crippen molar-refractivity contribution in [1.29, 1.82) is 0 Å². The van der Waals surface area contributed by atoms with Gasteiger partial charge in [-0.25, -0.2) is 0 Å². The molecule has 30 heavy (non-hydrogen) atoms. The third-order valence-electron chi connectivity index (χ3n) is 6.47. The summed E-state index contributed by atoms with van der Waals surface area (Å²) in [4.78, 5) is 16.8. The van der Waals surface area contributed by atoms with Gasteiger partial charge in [-0.05, 0) is 61.9 Å². The smallest absolute Gasteiger partial charge is 0.229 e. The molecule has 2 aromatic rings. The number of aliphatic hydroxyl groups is 1. The molecule has 1 heterocycles. The zero-order chi connectivity index (χ0) is 21.0. The molecule has 1 saturated carbocycles. The van der Waals surface area contributed by atoms with Gasteiger partial charge in [-0.1, -0.05) is 30.3 Å². The van der Waals surface area contributed by atoms with Crippen molar-refractivity contribution in [2.75, 3.05) is 25.0 Å². The summed E-state index contributed by atoms with van der Waals surface area (Å²) in [5.74, 6) is 0.801. The maximum Gasteiger partial charge on any atom is 0.229 e. The van der Waals surface area contributed by atoms with E-state index in [9.17, 15) is 9.90 Å². The Morgan fingerprint density at radius 2 is 1.77 bits per heavy atom. The molecule has 0 spiro atoms. The van der Waals surface area contributed by atoms with Crippen LogP contribution in [-0.4, -0.2) is 47.8 Å². The van der Waals surface area contributed by atoms with Gasteiger partial charge in [-0.2, -0.15) is 0 Å². The molecule has 0 unspecified atom stereocenters. The fourth-order valence-corrected chi connectivity index (χ4v) is 4.12. The van der Waals surface area contributed by atoms with Gasteiger partial charge in [0.2, 0.25) is 5.91 Å². The van der Waals surface area contributed by atoms with Crippen LogP contribution in [0.15, 0.2) is 54.6 Å². The van der Waals surface area contributed by atoms with Gasteiger partial charge < -0.3 is 14.7 Å². The molecule has 2 fully saturated rings. The first-order valence-electron chi connectivity index (χ1n) is 11.0. The van der Waals surface area contributed by atoms with Gasteiger partial charge in [0.1, 0.15) is 5.75 Å². The minimum atomic E-state index is -0.925. The molecule has 5 heteroatoms. The van der Waals surface area contributed by atoms with Crippen LogP contribution >= 0.6 is 0 Å². The van der Waals surface area contributed by atoms with E-state index in [4.69, 9.17) is 4.74 Å². The second-order valence-electron chi connectivity index (χ2n) is 8.78. The number of piperidine rings is 1. The van der Waals surface area contributed by atoms with Crippen LogP contribution in [0.2, 0.25) is 0 Å². The van der Waals surface area contributed by atoms with E-state index in [0.717, 1.165) is 43.9 Å². The number of nitrogens with zero attached hydrogens (tertiary/aromatic N) is 2. The third kappa shape index (κ3) is 5.21. The van der Waals surface area contributed by atoms with Crippen molar-refractivity contribution in [3.05, 3.63) is 60.2 Å². The largest absolute Gasteiger partial charge is 0.490 e. The van der Waals surface area contributed by atoms with Crippen molar-refractivity contribution in [2.45, 2.75) is 56.8 Å². The Morgan fingerprint density at radius 1 is 1.10 bits per heavy atom. The molecule has 0 bridgehead atoms. The summed E-state index contributed by atoms with van der Waals surface area (Å²) in [6, 6.07) is 18.1. The summed E-state index contributed by atoms with van der Waals surface area (Å²) in [5, 5.41) is 11.0. The topological polar surface area (TPSA) is 53.0 Å². The molecule has 4 rings (SSSR count). The molecule has 2 aliphatic rings. The van der Waals surface area contributed by atoms with Gasteiger partial charge >= 0.3 is 0 Å². The molecule has 0 radical (unpaired) electrons. The molecule has 5 nitrogen and oxygen atoms in total. The van der Waals surface area contributed by atoms with Crippen LogP contribution in [0, 0.1) is 0 Å². The van der Waals surface area contributed by atoms with E-state index < -0.39 is 5.60 Å². The molecule has 1 aliphatic heterocycles. The molecule has 0 atom stereocenters. The van der Waals surface area contributed by atoms with E-state index in [1.165, 1.54) is 12.0 Å². The Hall–Kier alpha value is -2.37. The Morgan fingerprint density at radius 3 is 2.37 bits per heavy atom. The average Bonchev–Trinajstić information content (AvgIpc) is 2.73. The van der Waals surface area contributed by atoms with Gasteiger partial charge in [0, 0.05) is 32.4 Å². The number of amides is 1. The SMILES string of the molecule is CN(C(=O)CC1(O)CCN(Cc2ccccc2)CC1)c1ccc(OC2CCC2)cc1. The number of ether oxygens (including phenoxy) is 1. The fourth-order valence-electron chi connectivity index (χ4n) is 4.12. The lowest BCUT2D eigenvalue weighted by Crippen LogP contribution is -2.47. The normalized spacial score (nSPS) is 19.1. The molecular weight excluding hydrogens is 376 g/mol. The van der Waals surface area contributed by atoms with Crippen LogP contribution in [0.4, 0.5) is 5.69 Å². The molecule has 1 amide bonds. The number of carbonyl (C=O) groups is 1. The second-order valence-corrected chi connectivity index (χ2v) is 8.78. The summed E-state index contributed by atoms with van der Waals surface area (Å²) in [6.07, 6.45) is 5.23. The lowest BCUT2D eigenvalue weighted by atomic mass is 9.87. The maximum atomic E-state index is 12.8. The molecule has 1 aliphatic carbocycles. The van der Waals surface area contributed by atoms with E-state index >= 15 is 0 Å². The Balaban J connectivity index is 1.27. The lowest BCUT2D eigenvalue weighted by Gasteiger charge is -2.38. The van der Waals surface area contributed by atoms with Crippen molar-refractivity contribution < 1.29 is 14.6 Å². The molecule has 0 aromatic heterocycles. The highest BCUT2D eigenvalue weighted by Gasteiger charge is 2.35. The highest BCUT2D eigenvalue weighted by molar-refractivity contribution is 5.93. The van der Waals surface area contributed by atoms with E-state index in [2.05, 4.69) is 29.2 Å². The number of anilines is 1. The molecule has 1 saturated heterocycles. The average molecular weight is 409 g/mol. The molecule has 160 valence electrons. The second kappa shape index (κ2) is 9.19. The standard InChI is InChI=1S/C25H32N2O3/c1-26(21-10-12-23(13-11-21)30-22-8-5-9-22)24(28)18-25(29)14-16-27(17-15-25)19-20-6-3-2-4-7-20/h2-4,6-7,10-13,22,29H,5,8-9,14-19H2,1H3. The van der Waals surface area contributed by atoms with Crippen molar-refractivity contribution in [2.24, 2.45) is 0 Å². The first kappa shape index (κ1) is 20.9. The van der Waals surface area contributed by atoms with Crippen LogP contribution in [0.1, 0.15) is 44.1 Å². The van der Waals surface area contributed by atoms with Crippen molar-refractivity contribution in [3.63, 3.8) is 0 Å². The van der Waals surface area contributed by atoms with Crippen LogP contribution < -0.4 is 9.64 Å². The Bertz CT molecular complexity index is 825. The number of rotatable bonds is 7. The molecule has 2 aromatic carbocycles. The van der Waals surface area contributed by atoms with E-state index in [0.29, 0.717) is 18.9 Å². The van der Waals surface area contributed by atoms with Crippen LogP contribution in [0.25, 0.3) is 0 Å². The van der Waals surface area contributed by atoms with Gasteiger partial charge in [-0.3, -0.25) is 9.69 Å². The number of hydrogen-bond donors (Lipinski definition) is 1. The first-order valence-corrected chi connectivity index (χ1v) is 11.0. The van der Waals surface area contributed by atoms with Gasteiger partial charge in [0.15, 0.2) is 0 Å². The van der Waals surface area contributed by atoms with Gasteiger partial charge in [0.05, 0.1) is 18.1 Å². The molecule has 1 N–H and O–H groups in total. The number of benzene rings is 2. The summed E-state index contributed by atoms with van der Waals surface area (Å²) in [7, 11) is 1.78. The predicted molar refractivity (Wildman–Crippen MR) is 119 cm³/mol. The Labute approximate surface area is 179 Å². The van der Waals surface area contributed by atoms with Crippen molar-refractivity contribution in [1.82, 2.24) is 4.90 Å². The summed E-state index contributed by atoms with van der Waals surface area (Å²) >= 11 is 0. The summed E-state index contributed by atoms with van der Waals surface area (Å²) < 4.78 is 5.89. The van der Waals surface area contributed by atoms with E-state index in [-0.39, 0.29) is 12.3 Å². The first-order chi connectivity index (χ1) is 14.5. The number of likely N-dealkylation sites (tertiary alicyclic amines) is 1. The van der Waals surface area contributed by atoms with Gasteiger partial charge in [-0.15, -0.1) is 0 Å². The fraction of sp³-hybridized carbons (Fsp3) is 0.480. The van der Waals surface area contributed by atoms with E-state index in [1.807, 2.05) is 30.3 Å². The minimum absolute atomic E-state index is 0.0540. The highest BCUT2D eigenvalue weighted by atomic mass is 16.5. The maximum absolute atomic E-state index is 12.8. The third-order valence-corrected chi connectivity index (χ3v) is 6.47. The quantitative estimate of drug-likeness (QED) is 0.752. The Kier molecular flexibility index (Phi) is 6.40. The van der Waals surface area contributed by atoms with Crippen molar-refractivity contribution >= 4 is 11.6 Å². The summed E-state index contributed by atoms with van der Waals surface area (Å²) in [5.41, 5.74) is 1.18. The monoisotopic (exact) mass is 408 g/mol. The van der Waals surface area contributed by atoms with E-state index in [1.54, 1.807) is 11.9 Å². The minimum Gasteiger partial charge on any atom is -0.490 e. The zero-order valence-corrected chi connectivity index (χ0v) is 17.8. The van der Waals surface area contributed by atoms with Gasteiger partial charge in [0.25, 0.3) is 0 Å². The van der Waals surface area contributed by atoms with Crippen molar-refractivity contribution in [3.8, 4) is 5.75 Å². The van der Waals surface area contributed by atoms with Crippen LogP contribution in [-0.2, 0) is 11.3 Å². The number of carbonyl (C=O) groups excluding carboxylic acids is 1. The number of hydrogen-bond acceptors (Lipinski definition) is 4. The van der Waals surface area contributed by atoms with Crippen LogP contribution in [0.3, 0.4) is 0 Å². The summed E-state index contributed by atoms with van der Waals surface area (Å²) in [6.45, 7) is 2.49. The lowest BCUT2D eigenvalue weighted by molar-refractivity contribution is -0.125. The zero-order valence-electron chi connectivity index (χ0n) is 17.8. The van der Waals surface area contributed by atoms with Crippen LogP contribution in [0.5, 0.6) is 5.75 Å².